The monoisotopic (exact) mass is 282 g/mol. The van der Waals surface area contributed by atoms with E-state index in [0.717, 1.165) is 19.4 Å². The molecule has 20 heavy (non-hydrogen) atoms. The molecule has 0 spiro atoms. The summed E-state index contributed by atoms with van der Waals surface area (Å²) in [7, 11) is 0. The van der Waals surface area contributed by atoms with Gasteiger partial charge in [0.05, 0.1) is 18.1 Å². The van der Waals surface area contributed by atoms with Gasteiger partial charge < -0.3 is 20.5 Å². The molecule has 0 bridgehead atoms. The molecule has 0 aromatic heterocycles. The number of urea groups is 1. The van der Waals surface area contributed by atoms with Crippen LogP contribution in [0.25, 0.3) is 0 Å². The van der Waals surface area contributed by atoms with Gasteiger partial charge in [0.1, 0.15) is 0 Å². The molecule has 1 aliphatic heterocycles. The number of hydrogen-bond donors (Lipinski definition) is 3. The normalized spacial score (nSPS) is 32.2. The first kappa shape index (κ1) is 14.8. The predicted octanol–water partition coefficient (Wildman–Crippen LogP) is 1.13. The van der Waals surface area contributed by atoms with Crippen LogP contribution in [0.3, 0.4) is 0 Å². The molecule has 4 unspecified atom stereocenters. The molecular formula is C14H22N2O4. The van der Waals surface area contributed by atoms with Gasteiger partial charge in [-0.05, 0) is 19.3 Å². The van der Waals surface area contributed by atoms with E-state index in [2.05, 4.69) is 17.6 Å². The van der Waals surface area contributed by atoms with Crippen LogP contribution in [0.15, 0.2) is 12.2 Å². The van der Waals surface area contributed by atoms with Crippen molar-refractivity contribution in [2.45, 2.75) is 38.3 Å². The lowest BCUT2D eigenvalue weighted by Gasteiger charge is -2.18. The fourth-order valence-electron chi connectivity index (χ4n) is 2.81. The largest absolute Gasteiger partial charge is 0.481 e. The smallest absolute Gasteiger partial charge is 0.315 e. The predicted molar refractivity (Wildman–Crippen MR) is 73.3 cm³/mol. The molecular weight excluding hydrogens is 260 g/mol. The number of nitrogens with one attached hydrogen (secondary N) is 2. The zero-order chi connectivity index (χ0) is 14.5. The van der Waals surface area contributed by atoms with Crippen LogP contribution in [0.2, 0.25) is 0 Å². The number of ether oxygens (including phenoxy) is 1. The maximum absolute atomic E-state index is 11.8. The second-order valence-corrected chi connectivity index (χ2v) is 5.39. The molecule has 6 heteroatoms. The summed E-state index contributed by atoms with van der Waals surface area (Å²) in [5, 5.41) is 14.5. The zero-order valence-electron chi connectivity index (χ0n) is 11.7. The Bertz CT molecular complexity index is 397. The van der Waals surface area contributed by atoms with Gasteiger partial charge in [-0.1, -0.05) is 19.1 Å². The van der Waals surface area contributed by atoms with Gasteiger partial charge in [0.2, 0.25) is 0 Å². The van der Waals surface area contributed by atoms with Gasteiger partial charge in [-0.3, -0.25) is 4.79 Å². The first-order valence-electron chi connectivity index (χ1n) is 7.17. The molecule has 2 aliphatic rings. The third-order valence-corrected chi connectivity index (χ3v) is 3.99. The van der Waals surface area contributed by atoms with Crippen LogP contribution < -0.4 is 10.6 Å². The van der Waals surface area contributed by atoms with Crippen LogP contribution in [0.1, 0.15) is 26.2 Å². The van der Waals surface area contributed by atoms with Crippen molar-refractivity contribution < 1.29 is 19.4 Å². The SMILES string of the molecule is CCC1OCCC1CNC(=O)NC1C=CC(C(=O)O)C1. The van der Waals surface area contributed by atoms with E-state index >= 15 is 0 Å². The van der Waals surface area contributed by atoms with Gasteiger partial charge >= 0.3 is 12.0 Å². The summed E-state index contributed by atoms with van der Waals surface area (Å²) in [6.07, 6.45) is 5.96. The molecule has 1 heterocycles. The van der Waals surface area contributed by atoms with Crippen molar-refractivity contribution in [1.82, 2.24) is 10.6 Å². The molecule has 1 aliphatic carbocycles. The third-order valence-electron chi connectivity index (χ3n) is 3.99. The number of carboxylic acid groups (broad SMARTS) is 1. The number of amides is 2. The lowest BCUT2D eigenvalue weighted by atomic mass is 10.00. The van der Waals surface area contributed by atoms with Crippen molar-refractivity contribution >= 4 is 12.0 Å². The number of carbonyl (C=O) groups is 2. The van der Waals surface area contributed by atoms with Crippen LogP contribution in [0, 0.1) is 11.8 Å². The first-order chi connectivity index (χ1) is 9.60. The fourth-order valence-corrected chi connectivity index (χ4v) is 2.81. The van der Waals surface area contributed by atoms with Crippen molar-refractivity contribution in [1.29, 1.82) is 0 Å². The maximum Gasteiger partial charge on any atom is 0.315 e. The minimum Gasteiger partial charge on any atom is -0.481 e. The quantitative estimate of drug-likeness (QED) is 0.660. The van der Waals surface area contributed by atoms with Crippen LogP contribution >= 0.6 is 0 Å². The van der Waals surface area contributed by atoms with Crippen LogP contribution in [0.5, 0.6) is 0 Å². The van der Waals surface area contributed by atoms with Gasteiger partial charge in [-0.15, -0.1) is 0 Å². The van der Waals surface area contributed by atoms with Crippen molar-refractivity contribution in [2.75, 3.05) is 13.2 Å². The molecule has 0 aromatic carbocycles. The third kappa shape index (κ3) is 3.72. The molecule has 1 saturated heterocycles. The van der Waals surface area contributed by atoms with Gasteiger partial charge in [-0.2, -0.15) is 0 Å². The van der Waals surface area contributed by atoms with E-state index in [1.165, 1.54) is 0 Å². The minimum absolute atomic E-state index is 0.196. The number of hydrogen-bond acceptors (Lipinski definition) is 3. The molecule has 6 nitrogen and oxygen atoms in total. The summed E-state index contributed by atoms with van der Waals surface area (Å²) in [5.74, 6) is -0.968. The standard InChI is InChI=1S/C14H22N2O4/c1-2-12-10(5-6-20-12)8-15-14(19)16-11-4-3-9(7-11)13(17)18/h3-4,9-12H,2,5-8H2,1H3,(H,17,18)(H2,15,16,19). The summed E-state index contributed by atoms with van der Waals surface area (Å²) in [6.45, 7) is 3.44. The van der Waals surface area contributed by atoms with Crippen molar-refractivity contribution in [3.05, 3.63) is 12.2 Å². The van der Waals surface area contributed by atoms with Crippen molar-refractivity contribution in [3.63, 3.8) is 0 Å². The highest BCUT2D eigenvalue weighted by atomic mass is 16.5. The van der Waals surface area contributed by atoms with Crippen LogP contribution in [0.4, 0.5) is 4.79 Å². The Labute approximate surface area is 118 Å². The first-order valence-corrected chi connectivity index (χ1v) is 7.17. The highest BCUT2D eigenvalue weighted by molar-refractivity contribution is 5.76. The molecule has 1 fully saturated rings. The van der Waals surface area contributed by atoms with E-state index in [9.17, 15) is 9.59 Å². The van der Waals surface area contributed by atoms with Gasteiger partial charge in [0, 0.05) is 19.1 Å². The lowest BCUT2D eigenvalue weighted by Crippen LogP contribution is -2.43. The van der Waals surface area contributed by atoms with Gasteiger partial charge in [0.15, 0.2) is 0 Å². The fraction of sp³-hybridized carbons (Fsp3) is 0.714. The highest BCUT2D eigenvalue weighted by Crippen LogP contribution is 2.22. The van der Waals surface area contributed by atoms with E-state index in [0.29, 0.717) is 18.9 Å². The summed E-state index contributed by atoms with van der Waals surface area (Å²) in [6, 6.07) is -0.439. The van der Waals surface area contributed by atoms with E-state index in [4.69, 9.17) is 9.84 Å². The molecule has 0 radical (unpaired) electrons. The number of carboxylic acids is 1. The van der Waals surface area contributed by atoms with E-state index in [1.807, 2.05) is 0 Å². The Morgan fingerprint density at radius 2 is 2.20 bits per heavy atom. The second-order valence-electron chi connectivity index (χ2n) is 5.39. The van der Waals surface area contributed by atoms with Crippen LogP contribution in [-0.4, -0.2) is 42.4 Å². The molecule has 112 valence electrons. The number of rotatable bonds is 5. The Morgan fingerprint density at radius 1 is 1.40 bits per heavy atom. The highest BCUT2D eigenvalue weighted by Gasteiger charge is 2.28. The van der Waals surface area contributed by atoms with Gasteiger partial charge in [-0.25, -0.2) is 4.79 Å². The Kier molecular flexibility index (Phi) is 5.00. The Hall–Kier alpha value is -1.56. The van der Waals surface area contributed by atoms with E-state index < -0.39 is 11.9 Å². The van der Waals surface area contributed by atoms with Crippen molar-refractivity contribution in [3.8, 4) is 0 Å². The van der Waals surface area contributed by atoms with Crippen molar-refractivity contribution in [2.24, 2.45) is 11.8 Å². The summed E-state index contributed by atoms with van der Waals surface area (Å²) in [5.41, 5.74) is 0. The van der Waals surface area contributed by atoms with Gasteiger partial charge in [0.25, 0.3) is 0 Å². The zero-order valence-corrected chi connectivity index (χ0v) is 11.7. The van der Waals surface area contributed by atoms with E-state index in [1.54, 1.807) is 12.2 Å². The minimum atomic E-state index is -0.847. The van der Waals surface area contributed by atoms with E-state index in [-0.39, 0.29) is 18.2 Å². The number of carbonyl (C=O) groups excluding carboxylic acids is 1. The average Bonchev–Trinajstić information content (AvgIpc) is 3.04. The lowest BCUT2D eigenvalue weighted by molar-refractivity contribution is -0.140. The summed E-state index contributed by atoms with van der Waals surface area (Å²) >= 11 is 0. The molecule has 0 saturated carbocycles. The molecule has 0 aromatic rings. The molecule has 2 amide bonds. The Balaban J connectivity index is 1.69. The second kappa shape index (κ2) is 6.74. The topological polar surface area (TPSA) is 87.7 Å². The molecule has 2 rings (SSSR count). The molecule has 3 N–H and O–H groups in total. The Morgan fingerprint density at radius 3 is 2.85 bits per heavy atom. The summed E-state index contributed by atoms with van der Waals surface area (Å²) < 4.78 is 5.57. The number of aliphatic carboxylic acids is 1. The average molecular weight is 282 g/mol. The maximum atomic E-state index is 11.8. The molecule has 4 atom stereocenters. The summed E-state index contributed by atoms with van der Waals surface area (Å²) in [4.78, 5) is 22.6. The van der Waals surface area contributed by atoms with Crippen LogP contribution in [-0.2, 0) is 9.53 Å².